The zero-order valence-electron chi connectivity index (χ0n) is 10.1. The Labute approximate surface area is 110 Å². The molecule has 0 bridgehead atoms. The highest BCUT2D eigenvalue weighted by atomic mass is 79.9. The minimum absolute atomic E-state index is 0.0183. The van der Waals surface area contributed by atoms with Gasteiger partial charge in [0, 0.05) is 5.41 Å². The highest BCUT2D eigenvalue weighted by Gasteiger charge is 2.30. The Morgan fingerprint density at radius 1 is 1.31 bits per heavy atom. The maximum atomic E-state index is 13.2. The summed E-state index contributed by atoms with van der Waals surface area (Å²) in [5.41, 5.74) is 0.926. The van der Waals surface area contributed by atoms with Crippen molar-refractivity contribution in [1.82, 2.24) is 4.98 Å². The normalized spacial score (nSPS) is 15.1. The van der Waals surface area contributed by atoms with Gasteiger partial charge in [0.2, 0.25) is 0 Å². The molecule has 0 amide bonds. The van der Waals surface area contributed by atoms with Crippen LogP contribution >= 0.6 is 27.3 Å². The number of hydrogen-bond acceptors (Lipinski definition) is 2. The maximum absolute atomic E-state index is 13.2. The highest BCUT2D eigenvalue weighted by molar-refractivity contribution is 9.11. The molecular weight excluding hydrogens is 289 g/mol. The molecule has 1 nitrogen and oxygen atoms in total. The molecule has 0 aliphatic rings. The number of aromatic nitrogens is 1. The van der Waals surface area contributed by atoms with E-state index in [0.717, 1.165) is 40.1 Å². The number of nitrogens with zero attached hydrogens (tertiary/aromatic N) is 1. The molecule has 1 heterocycles. The average molecular weight is 308 g/mol. The van der Waals surface area contributed by atoms with E-state index in [0.29, 0.717) is 0 Å². The van der Waals surface area contributed by atoms with Crippen LogP contribution in [0, 0.1) is 5.26 Å². The van der Waals surface area contributed by atoms with Gasteiger partial charge in [-0.3, -0.25) is 0 Å². The lowest BCUT2D eigenvalue weighted by Gasteiger charge is -2.28. The molecule has 1 aromatic heterocycles. The second-order valence-corrected chi connectivity index (χ2v) is 6.77. The fourth-order valence-electron chi connectivity index (χ4n) is 2.13. The number of rotatable bonds is 6. The van der Waals surface area contributed by atoms with Gasteiger partial charge in [-0.1, -0.05) is 51.4 Å². The van der Waals surface area contributed by atoms with Crippen molar-refractivity contribution in [3.63, 3.8) is 0 Å². The Kier molecular flexibility index (Phi) is 5.38. The first-order valence-corrected chi connectivity index (χ1v) is 7.46. The van der Waals surface area contributed by atoms with Crippen LogP contribution in [0.4, 0.5) is 4.39 Å². The monoisotopic (exact) mass is 307 g/mol. The zero-order valence-corrected chi connectivity index (χ0v) is 12.5. The summed E-state index contributed by atoms with van der Waals surface area (Å²) in [7, 11) is 0. The van der Waals surface area contributed by atoms with E-state index in [-0.39, 0.29) is 10.7 Å². The van der Waals surface area contributed by atoms with E-state index < -0.39 is 0 Å². The van der Waals surface area contributed by atoms with Gasteiger partial charge in [0.25, 0.3) is 5.26 Å². The van der Waals surface area contributed by atoms with Gasteiger partial charge in [0.05, 0.1) is 9.48 Å². The van der Waals surface area contributed by atoms with Gasteiger partial charge < -0.3 is 0 Å². The molecule has 0 spiro atoms. The fraction of sp³-hybridized carbons (Fsp3) is 0.750. The van der Waals surface area contributed by atoms with Crippen LogP contribution < -0.4 is 0 Å². The van der Waals surface area contributed by atoms with E-state index >= 15 is 0 Å². The van der Waals surface area contributed by atoms with Gasteiger partial charge in [-0.2, -0.15) is 4.39 Å². The Morgan fingerprint density at radius 3 is 2.44 bits per heavy atom. The van der Waals surface area contributed by atoms with Crippen LogP contribution in [0.2, 0.25) is 0 Å². The second kappa shape index (κ2) is 6.10. The first-order chi connectivity index (χ1) is 7.53. The summed E-state index contributed by atoms with van der Waals surface area (Å²) in [6, 6.07) is 0. The molecule has 0 radical (unpaired) electrons. The number of thiazole rings is 1. The maximum Gasteiger partial charge on any atom is 0.270 e. The van der Waals surface area contributed by atoms with E-state index in [2.05, 4.69) is 41.7 Å². The Balaban J connectivity index is 2.95. The predicted octanol–water partition coefficient (Wildman–Crippen LogP) is 5.29. The van der Waals surface area contributed by atoms with Crippen molar-refractivity contribution in [1.29, 1.82) is 0 Å². The van der Waals surface area contributed by atoms with Crippen LogP contribution in [0.25, 0.3) is 0 Å². The lowest BCUT2D eigenvalue weighted by atomic mass is 9.78. The molecule has 16 heavy (non-hydrogen) atoms. The van der Waals surface area contributed by atoms with Crippen LogP contribution in [0.1, 0.15) is 58.6 Å². The summed E-state index contributed by atoms with van der Waals surface area (Å²) in [6.07, 6.45) is 5.59. The third-order valence-corrected chi connectivity index (χ3v) is 4.51. The molecule has 92 valence electrons. The van der Waals surface area contributed by atoms with Crippen LogP contribution in [0.5, 0.6) is 0 Å². The summed E-state index contributed by atoms with van der Waals surface area (Å²) in [5, 5.41) is -0.333. The molecular formula is C12H19BrFNS. The van der Waals surface area contributed by atoms with Gasteiger partial charge in [0.15, 0.2) is 0 Å². The van der Waals surface area contributed by atoms with Gasteiger partial charge >= 0.3 is 0 Å². The number of halogens is 2. The molecule has 1 aromatic rings. The highest BCUT2D eigenvalue weighted by Crippen LogP contribution is 2.39. The van der Waals surface area contributed by atoms with Gasteiger partial charge in [-0.05, 0) is 28.8 Å². The summed E-state index contributed by atoms with van der Waals surface area (Å²) in [4.78, 5) is 4.06. The Morgan fingerprint density at radius 2 is 2.00 bits per heavy atom. The third-order valence-electron chi connectivity index (χ3n) is 3.02. The lowest BCUT2D eigenvalue weighted by Crippen LogP contribution is -2.22. The van der Waals surface area contributed by atoms with Gasteiger partial charge in [-0.25, -0.2) is 4.98 Å². The molecule has 4 heteroatoms. The molecule has 0 saturated heterocycles. The molecule has 0 aromatic carbocycles. The minimum atomic E-state index is -0.333. The van der Waals surface area contributed by atoms with Gasteiger partial charge in [-0.15, -0.1) is 0 Å². The van der Waals surface area contributed by atoms with E-state index in [1.54, 1.807) is 0 Å². The topological polar surface area (TPSA) is 12.9 Å². The first kappa shape index (κ1) is 14.1. The van der Waals surface area contributed by atoms with E-state index in [9.17, 15) is 4.39 Å². The molecule has 1 unspecified atom stereocenters. The Bertz CT molecular complexity index is 340. The van der Waals surface area contributed by atoms with E-state index in [1.807, 2.05) is 0 Å². The first-order valence-electron chi connectivity index (χ1n) is 5.85. The van der Waals surface area contributed by atoms with Crippen LogP contribution in [0.3, 0.4) is 0 Å². The SMILES string of the molecule is CCCCC(C)(CCC)c1nc(F)sc1Br. The minimum Gasteiger partial charge on any atom is -0.213 e. The zero-order chi connectivity index (χ0) is 12.2. The van der Waals surface area contributed by atoms with Crippen molar-refractivity contribution in [3.8, 4) is 0 Å². The van der Waals surface area contributed by atoms with Crippen molar-refractivity contribution < 1.29 is 4.39 Å². The van der Waals surface area contributed by atoms with Crippen LogP contribution in [-0.4, -0.2) is 4.98 Å². The van der Waals surface area contributed by atoms with Crippen molar-refractivity contribution >= 4 is 27.3 Å². The smallest absolute Gasteiger partial charge is 0.213 e. The fourth-order valence-corrected chi connectivity index (χ4v) is 3.77. The molecule has 0 saturated carbocycles. The summed E-state index contributed by atoms with van der Waals surface area (Å²) >= 11 is 4.53. The van der Waals surface area contributed by atoms with E-state index in [1.165, 1.54) is 12.8 Å². The molecule has 0 fully saturated rings. The lowest BCUT2D eigenvalue weighted by molar-refractivity contribution is 0.369. The van der Waals surface area contributed by atoms with Crippen molar-refractivity contribution in [3.05, 3.63) is 14.7 Å². The molecule has 1 rings (SSSR count). The summed E-state index contributed by atoms with van der Waals surface area (Å²) < 4.78 is 14.0. The van der Waals surface area contributed by atoms with E-state index in [4.69, 9.17) is 0 Å². The second-order valence-electron chi connectivity index (χ2n) is 4.50. The standard InChI is InChI=1S/C12H19BrFNS/c1-4-6-8-12(3,7-5-2)9-10(13)16-11(14)15-9/h4-8H2,1-3H3. The average Bonchev–Trinajstić information content (AvgIpc) is 2.56. The van der Waals surface area contributed by atoms with Crippen molar-refractivity contribution in [2.75, 3.05) is 0 Å². The number of unbranched alkanes of at least 4 members (excludes halogenated alkanes) is 1. The largest absolute Gasteiger partial charge is 0.270 e. The molecule has 0 aliphatic carbocycles. The van der Waals surface area contributed by atoms with Crippen LogP contribution in [-0.2, 0) is 5.41 Å². The third kappa shape index (κ3) is 3.27. The molecule has 0 N–H and O–H groups in total. The molecule has 0 aliphatic heterocycles. The van der Waals surface area contributed by atoms with Crippen molar-refractivity contribution in [2.24, 2.45) is 0 Å². The van der Waals surface area contributed by atoms with Crippen LogP contribution in [0.15, 0.2) is 3.79 Å². The molecule has 1 atom stereocenters. The van der Waals surface area contributed by atoms with Crippen molar-refractivity contribution in [2.45, 2.75) is 58.3 Å². The summed E-state index contributed by atoms with van der Waals surface area (Å²) in [5.74, 6) is 0. The predicted molar refractivity (Wildman–Crippen MR) is 71.6 cm³/mol. The Hall–Kier alpha value is 0.0400. The summed E-state index contributed by atoms with van der Waals surface area (Å²) in [6.45, 7) is 6.55. The quantitative estimate of drug-likeness (QED) is 0.695. The van der Waals surface area contributed by atoms with Gasteiger partial charge in [0.1, 0.15) is 0 Å². The number of hydrogen-bond donors (Lipinski definition) is 0.